The SMILES string of the molecule is COc1ccc(/C=N/NC(=O)c2ccc(Br)cc2)cc1COc1cc(C)c(Cl)c(C)c1. The predicted octanol–water partition coefficient (Wildman–Crippen LogP) is 6.07. The van der Waals surface area contributed by atoms with Crippen LogP contribution in [0.15, 0.2) is 64.2 Å². The van der Waals surface area contributed by atoms with Crippen molar-refractivity contribution < 1.29 is 14.3 Å². The quantitative estimate of drug-likeness (QED) is 0.316. The van der Waals surface area contributed by atoms with Crippen molar-refractivity contribution in [1.29, 1.82) is 0 Å². The molecular formula is C24H22BrClN2O3. The molecule has 5 nitrogen and oxygen atoms in total. The van der Waals surface area contributed by atoms with E-state index in [2.05, 4.69) is 26.5 Å². The first-order valence-corrected chi connectivity index (χ1v) is 10.7. The van der Waals surface area contributed by atoms with Crippen molar-refractivity contribution in [3.05, 3.63) is 91.9 Å². The molecule has 0 aromatic heterocycles. The van der Waals surface area contributed by atoms with Crippen LogP contribution >= 0.6 is 27.5 Å². The molecule has 3 aromatic rings. The molecule has 7 heteroatoms. The topological polar surface area (TPSA) is 59.9 Å². The number of rotatable bonds is 7. The van der Waals surface area contributed by atoms with E-state index in [9.17, 15) is 4.79 Å². The maximum Gasteiger partial charge on any atom is 0.271 e. The Morgan fingerprint density at radius 3 is 2.42 bits per heavy atom. The summed E-state index contributed by atoms with van der Waals surface area (Å²) >= 11 is 9.58. The fourth-order valence-corrected chi connectivity index (χ4v) is 3.35. The average molecular weight is 502 g/mol. The van der Waals surface area contributed by atoms with Gasteiger partial charge in [0.2, 0.25) is 0 Å². The number of nitrogens with one attached hydrogen (secondary N) is 1. The molecule has 0 heterocycles. The van der Waals surface area contributed by atoms with Gasteiger partial charge in [-0.05, 0) is 85.1 Å². The summed E-state index contributed by atoms with van der Waals surface area (Å²) in [5, 5.41) is 4.80. The molecule has 0 saturated heterocycles. The fourth-order valence-electron chi connectivity index (χ4n) is 2.97. The van der Waals surface area contributed by atoms with Gasteiger partial charge in [-0.3, -0.25) is 4.79 Å². The molecule has 0 radical (unpaired) electrons. The van der Waals surface area contributed by atoms with Gasteiger partial charge in [0, 0.05) is 20.6 Å². The smallest absolute Gasteiger partial charge is 0.271 e. The molecule has 0 aliphatic heterocycles. The van der Waals surface area contributed by atoms with E-state index in [4.69, 9.17) is 21.1 Å². The number of nitrogens with zero attached hydrogens (tertiary/aromatic N) is 1. The molecule has 1 amide bonds. The molecule has 0 bridgehead atoms. The van der Waals surface area contributed by atoms with Crippen LogP contribution in [0.2, 0.25) is 5.02 Å². The third-order valence-electron chi connectivity index (χ3n) is 4.59. The van der Waals surface area contributed by atoms with Crippen molar-refractivity contribution >= 4 is 39.7 Å². The number of halogens is 2. The fraction of sp³-hybridized carbons (Fsp3) is 0.167. The minimum Gasteiger partial charge on any atom is -0.496 e. The minimum absolute atomic E-state index is 0.283. The Morgan fingerprint density at radius 2 is 1.77 bits per heavy atom. The normalized spacial score (nSPS) is 10.9. The largest absolute Gasteiger partial charge is 0.496 e. The van der Waals surface area contributed by atoms with Gasteiger partial charge in [0.25, 0.3) is 5.91 Å². The zero-order chi connectivity index (χ0) is 22.4. The molecule has 3 aromatic carbocycles. The van der Waals surface area contributed by atoms with Gasteiger partial charge in [-0.25, -0.2) is 5.43 Å². The Balaban J connectivity index is 1.69. The van der Waals surface area contributed by atoms with E-state index in [-0.39, 0.29) is 5.91 Å². The first-order valence-electron chi connectivity index (χ1n) is 9.53. The summed E-state index contributed by atoms with van der Waals surface area (Å²) in [6.45, 7) is 4.21. The maximum atomic E-state index is 12.2. The lowest BCUT2D eigenvalue weighted by Gasteiger charge is -2.13. The van der Waals surface area contributed by atoms with Crippen molar-refractivity contribution in [2.75, 3.05) is 7.11 Å². The van der Waals surface area contributed by atoms with Gasteiger partial charge in [-0.1, -0.05) is 27.5 Å². The van der Waals surface area contributed by atoms with Crippen LogP contribution in [0.5, 0.6) is 11.5 Å². The number of ether oxygens (including phenoxy) is 2. The van der Waals surface area contributed by atoms with E-state index < -0.39 is 0 Å². The third-order valence-corrected chi connectivity index (χ3v) is 5.72. The summed E-state index contributed by atoms with van der Waals surface area (Å²) in [6, 6.07) is 16.5. The average Bonchev–Trinajstić information content (AvgIpc) is 2.76. The summed E-state index contributed by atoms with van der Waals surface area (Å²) in [6.07, 6.45) is 1.58. The molecule has 0 unspecified atom stereocenters. The number of carbonyl (C=O) groups excluding carboxylic acids is 1. The molecule has 0 spiro atoms. The molecule has 0 aliphatic carbocycles. The lowest BCUT2D eigenvalue weighted by molar-refractivity contribution is 0.0955. The summed E-state index contributed by atoms with van der Waals surface area (Å²) in [4.78, 5) is 12.2. The monoisotopic (exact) mass is 500 g/mol. The highest BCUT2D eigenvalue weighted by Crippen LogP contribution is 2.27. The van der Waals surface area contributed by atoms with Crippen molar-refractivity contribution in [2.24, 2.45) is 5.10 Å². The minimum atomic E-state index is -0.283. The molecule has 0 saturated carbocycles. The number of hydrazone groups is 1. The number of hydrogen-bond donors (Lipinski definition) is 1. The van der Waals surface area contributed by atoms with E-state index >= 15 is 0 Å². The first kappa shape index (κ1) is 22.8. The van der Waals surface area contributed by atoms with Crippen LogP contribution in [-0.2, 0) is 6.61 Å². The Labute approximate surface area is 195 Å². The second-order valence-electron chi connectivity index (χ2n) is 6.94. The molecule has 31 heavy (non-hydrogen) atoms. The maximum absolute atomic E-state index is 12.2. The molecule has 0 fully saturated rings. The highest BCUT2D eigenvalue weighted by atomic mass is 79.9. The van der Waals surface area contributed by atoms with E-state index in [1.54, 1.807) is 37.6 Å². The van der Waals surface area contributed by atoms with Crippen LogP contribution in [0, 0.1) is 13.8 Å². The van der Waals surface area contributed by atoms with Crippen LogP contribution in [-0.4, -0.2) is 19.2 Å². The molecule has 0 aliphatic rings. The van der Waals surface area contributed by atoms with Crippen molar-refractivity contribution in [3.63, 3.8) is 0 Å². The molecular weight excluding hydrogens is 480 g/mol. The van der Waals surface area contributed by atoms with E-state index in [1.807, 2.05) is 44.2 Å². The predicted molar refractivity (Wildman–Crippen MR) is 127 cm³/mol. The van der Waals surface area contributed by atoms with Crippen LogP contribution in [0.3, 0.4) is 0 Å². The third kappa shape index (κ3) is 6.09. The van der Waals surface area contributed by atoms with Gasteiger partial charge in [0.1, 0.15) is 18.1 Å². The Morgan fingerprint density at radius 1 is 1.10 bits per heavy atom. The van der Waals surface area contributed by atoms with Gasteiger partial charge >= 0.3 is 0 Å². The standard InChI is InChI=1S/C24H22BrClN2O3/c1-15-10-21(11-16(2)23(15)26)31-14-19-12-17(4-9-22(19)30-3)13-27-28-24(29)18-5-7-20(25)8-6-18/h4-13H,14H2,1-3H3,(H,28,29)/b27-13+. The number of amides is 1. The Hall–Kier alpha value is -2.83. The number of aryl methyl sites for hydroxylation is 2. The summed E-state index contributed by atoms with van der Waals surface area (Å²) in [5.74, 6) is 1.16. The molecule has 0 atom stereocenters. The van der Waals surface area contributed by atoms with Gasteiger partial charge in [0.15, 0.2) is 0 Å². The summed E-state index contributed by atoms with van der Waals surface area (Å²) < 4.78 is 12.3. The van der Waals surface area contributed by atoms with Gasteiger partial charge < -0.3 is 9.47 Å². The Bertz CT molecular complexity index is 1090. The van der Waals surface area contributed by atoms with E-state index in [1.165, 1.54) is 0 Å². The van der Waals surface area contributed by atoms with Crippen LogP contribution in [0.25, 0.3) is 0 Å². The summed E-state index contributed by atoms with van der Waals surface area (Å²) in [7, 11) is 1.61. The molecule has 160 valence electrons. The van der Waals surface area contributed by atoms with Gasteiger partial charge in [-0.15, -0.1) is 0 Å². The highest BCUT2D eigenvalue weighted by Gasteiger charge is 2.08. The zero-order valence-corrected chi connectivity index (χ0v) is 19.8. The lowest BCUT2D eigenvalue weighted by Crippen LogP contribution is -2.17. The van der Waals surface area contributed by atoms with Gasteiger partial charge in [0.05, 0.1) is 13.3 Å². The van der Waals surface area contributed by atoms with Crippen LogP contribution < -0.4 is 14.9 Å². The second kappa shape index (κ2) is 10.5. The van der Waals surface area contributed by atoms with Crippen molar-refractivity contribution in [3.8, 4) is 11.5 Å². The Kier molecular flexibility index (Phi) is 7.71. The first-order chi connectivity index (χ1) is 14.9. The van der Waals surface area contributed by atoms with Crippen molar-refractivity contribution in [2.45, 2.75) is 20.5 Å². The number of carbonyl (C=O) groups is 1. The van der Waals surface area contributed by atoms with E-state index in [0.29, 0.717) is 17.9 Å². The number of hydrogen-bond acceptors (Lipinski definition) is 4. The molecule has 1 N–H and O–H groups in total. The highest BCUT2D eigenvalue weighted by molar-refractivity contribution is 9.10. The van der Waals surface area contributed by atoms with Crippen LogP contribution in [0.4, 0.5) is 0 Å². The second-order valence-corrected chi connectivity index (χ2v) is 8.23. The van der Waals surface area contributed by atoms with Crippen LogP contribution in [0.1, 0.15) is 32.6 Å². The lowest BCUT2D eigenvalue weighted by atomic mass is 10.1. The molecule has 3 rings (SSSR count). The zero-order valence-electron chi connectivity index (χ0n) is 17.4. The summed E-state index contributed by atoms with van der Waals surface area (Å²) in [5.41, 5.74) is 6.65. The number of methoxy groups -OCH3 is 1. The van der Waals surface area contributed by atoms with Crippen molar-refractivity contribution in [1.82, 2.24) is 5.43 Å². The van der Waals surface area contributed by atoms with E-state index in [0.717, 1.165) is 37.5 Å². The van der Waals surface area contributed by atoms with Gasteiger partial charge in [-0.2, -0.15) is 5.10 Å². The number of benzene rings is 3.